The number of ketones is 1. The van der Waals surface area contributed by atoms with E-state index < -0.39 is 41.0 Å². The van der Waals surface area contributed by atoms with Crippen LogP contribution >= 0.6 is 0 Å². The minimum Gasteiger partial charge on any atom is -0.353 e. The number of hydrogen-bond acceptors (Lipinski definition) is 8. The molecule has 0 spiro atoms. The van der Waals surface area contributed by atoms with Gasteiger partial charge in [-0.2, -0.15) is 0 Å². The molecule has 0 saturated carbocycles. The fourth-order valence-electron chi connectivity index (χ4n) is 3.04. The molecule has 0 aliphatic carbocycles. The Balaban J connectivity index is 2.19. The zero-order valence-electron chi connectivity index (χ0n) is 20.5. The van der Waals surface area contributed by atoms with Crippen LogP contribution in [-0.2, 0) is 32.8 Å². The smallest absolute Gasteiger partial charge is 0.287 e. The van der Waals surface area contributed by atoms with Crippen LogP contribution in [0.25, 0.3) is 0 Å². The molecule has 14 nitrogen and oxygen atoms in total. The van der Waals surface area contributed by atoms with Crippen molar-refractivity contribution in [2.75, 3.05) is 33.1 Å². The highest BCUT2D eigenvalue weighted by atomic mass is 16.2. The summed E-state index contributed by atoms with van der Waals surface area (Å²) in [6.45, 7) is 0.0223. The number of amides is 4. The second kappa shape index (κ2) is 12.9. The Bertz CT molecular complexity index is 1190. The molecule has 14 heteroatoms. The van der Waals surface area contributed by atoms with E-state index in [1.54, 1.807) is 26.0 Å². The van der Waals surface area contributed by atoms with Crippen LogP contribution in [0.4, 0.5) is 5.69 Å². The molecule has 0 aliphatic rings. The van der Waals surface area contributed by atoms with Gasteiger partial charge in [-0.25, -0.2) is 4.98 Å². The highest BCUT2D eigenvalue weighted by Gasteiger charge is 2.26. The summed E-state index contributed by atoms with van der Waals surface area (Å²) in [6, 6.07) is 1.58. The molecular formula is C22H30N8O6. The number of aryl methyl sites for hydroxylation is 1. The van der Waals surface area contributed by atoms with Crippen molar-refractivity contribution in [1.82, 2.24) is 35.0 Å². The van der Waals surface area contributed by atoms with E-state index in [1.807, 2.05) is 0 Å². The maximum atomic E-state index is 13.0. The lowest BCUT2D eigenvalue weighted by Gasteiger charge is -2.18. The first-order valence-corrected chi connectivity index (χ1v) is 11.0. The number of carbonyl (C=O) groups is 5. The number of carbonyl (C=O) groups excluding carboxylic acids is 5. The largest absolute Gasteiger partial charge is 0.353 e. The second-order valence-electron chi connectivity index (χ2n) is 8.14. The number of anilines is 1. The van der Waals surface area contributed by atoms with Crippen LogP contribution < -0.4 is 26.8 Å². The summed E-state index contributed by atoms with van der Waals surface area (Å²) in [6.07, 6.45) is 3.58. The van der Waals surface area contributed by atoms with Gasteiger partial charge in [0.15, 0.2) is 0 Å². The number of Topliss-reactive ketones (excluding diaryl/α,β-unsaturated/α-hetero) is 1. The van der Waals surface area contributed by atoms with E-state index in [0.29, 0.717) is 0 Å². The maximum Gasteiger partial charge on any atom is 0.287 e. The molecule has 0 aromatic carbocycles. The molecule has 0 bridgehead atoms. The maximum absolute atomic E-state index is 13.0. The van der Waals surface area contributed by atoms with Crippen LogP contribution in [0.15, 0.2) is 35.6 Å². The van der Waals surface area contributed by atoms with Crippen LogP contribution in [0.3, 0.4) is 0 Å². The molecule has 0 aliphatic heterocycles. The highest BCUT2D eigenvalue weighted by Crippen LogP contribution is 2.07. The summed E-state index contributed by atoms with van der Waals surface area (Å²) in [5.74, 6) is -3.41. The fourth-order valence-corrected chi connectivity index (χ4v) is 3.04. The van der Waals surface area contributed by atoms with Crippen molar-refractivity contribution in [1.29, 1.82) is 0 Å². The third-order valence-corrected chi connectivity index (χ3v) is 5.00. The first-order valence-electron chi connectivity index (χ1n) is 11.0. The third-order valence-electron chi connectivity index (χ3n) is 5.00. The van der Waals surface area contributed by atoms with Gasteiger partial charge in [-0.05, 0) is 32.6 Å². The number of pyridine rings is 1. The number of nitrogens with zero attached hydrogens (tertiary/aromatic N) is 4. The topological polar surface area (TPSA) is 177 Å². The fraction of sp³-hybridized carbons (Fsp3) is 0.409. The molecule has 2 heterocycles. The lowest BCUT2D eigenvalue weighted by atomic mass is 10.1. The molecule has 2 aromatic rings. The van der Waals surface area contributed by atoms with E-state index in [-0.39, 0.29) is 37.4 Å². The minimum absolute atomic E-state index is 0.125. The second-order valence-corrected chi connectivity index (χ2v) is 8.14. The third kappa shape index (κ3) is 7.87. The standard InChI is InChI=1S/C22H30N8O6/c1-23-21(35)17(31)8-7-14(26-20(34)16-10-24-12-29(16)4)19(33)27-15-6-5-9-30(22(15)36)11-18(32)25-13-28(2)3/h5-6,9-10,12,14H,7-8,11,13H2,1-4H3,(H,23,35)(H,25,32)(H,26,34)(H,27,33). The van der Waals surface area contributed by atoms with Crippen molar-refractivity contribution in [3.63, 3.8) is 0 Å². The predicted octanol–water partition coefficient (Wildman–Crippen LogP) is -1.95. The van der Waals surface area contributed by atoms with Crippen molar-refractivity contribution in [3.05, 3.63) is 46.9 Å². The number of likely N-dealkylation sites (N-methyl/N-ethyl adjacent to an activating group) is 1. The van der Waals surface area contributed by atoms with Crippen LogP contribution in [0, 0.1) is 0 Å². The first-order chi connectivity index (χ1) is 17.0. The van der Waals surface area contributed by atoms with Gasteiger partial charge in [-0.1, -0.05) is 0 Å². The lowest BCUT2D eigenvalue weighted by Crippen LogP contribution is -2.45. The van der Waals surface area contributed by atoms with Gasteiger partial charge in [0.1, 0.15) is 24.0 Å². The molecule has 4 amide bonds. The minimum atomic E-state index is -1.25. The Hall–Kier alpha value is -4.33. The molecule has 1 unspecified atom stereocenters. The number of hydrogen-bond donors (Lipinski definition) is 4. The average molecular weight is 503 g/mol. The van der Waals surface area contributed by atoms with Crippen LogP contribution in [0.1, 0.15) is 23.3 Å². The summed E-state index contributed by atoms with van der Waals surface area (Å²) < 4.78 is 2.57. The zero-order valence-corrected chi connectivity index (χ0v) is 20.5. The first kappa shape index (κ1) is 27.9. The molecule has 2 rings (SSSR count). The molecule has 194 valence electrons. The summed E-state index contributed by atoms with van der Waals surface area (Å²) in [7, 11) is 6.44. The van der Waals surface area contributed by atoms with Gasteiger partial charge < -0.3 is 30.4 Å². The van der Waals surface area contributed by atoms with Crippen molar-refractivity contribution >= 4 is 35.1 Å². The average Bonchev–Trinajstić information content (AvgIpc) is 3.27. The van der Waals surface area contributed by atoms with Gasteiger partial charge in [0.2, 0.25) is 17.6 Å². The van der Waals surface area contributed by atoms with Crippen molar-refractivity contribution in [3.8, 4) is 0 Å². The van der Waals surface area contributed by atoms with E-state index in [9.17, 15) is 28.8 Å². The molecule has 1 atom stereocenters. The van der Waals surface area contributed by atoms with E-state index >= 15 is 0 Å². The molecule has 2 aromatic heterocycles. The highest BCUT2D eigenvalue weighted by molar-refractivity contribution is 6.36. The zero-order chi connectivity index (χ0) is 26.8. The molecular weight excluding hydrogens is 472 g/mol. The van der Waals surface area contributed by atoms with Gasteiger partial charge in [-0.3, -0.25) is 33.7 Å². The SMILES string of the molecule is CNC(=O)C(=O)CCC(NC(=O)c1cncn1C)C(=O)Nc1cccn(CC(=O)NCN(C)C)c1=O. The summed E-state index contributed by atoms with van der Waals surface area (Å²) in [5, 5.41) is 9.80. The van der Waals surface area contributed by atoms with Gasteiger partial charge in [0.05, 0.1) is 19.2 Å². The number of nitrogens with one attached hydrogen (secondary N) is 4. The number of rotatable bonds is 12. The summed E-state index contributed by atoms with van der Waals surface area (Å²) in [5.41, 5.74) is -0.597. The number of imidazole rings is 1. The van der Waals surface area contributed by atoms with E-state index in [2.05, 4.69) is 26.3 Å². The Kier molecular flexibility index (Phi) is 10.0. The quantitative estimate of drug-likeness (QED) is 0.191. The molecule has 36 heavy (non-hydrogen) atoms. The lowest BCUT2D eigenvalue weighted by molar-refractivity contribution is -0.137. The molecule has 0 saturated heterocycles. The summed E-state index contributed by atoms with van der Waals surface area (Å²) in [4.78, 5) is 79.7. The van der Waals surface area contributed by atoms with Crippen molar-refractivity contribution < 1.29 is 24.0 Å². The molecule has 4 N–H and O–H groups in total. The predicted molar refractivity (Wildman–Crippen MR) is 129 cm³/mol. The van der Waals surface area contributed by atoms with Crippen molar-refractivity contribution in [2.45, 2.75) is 25.4 Å². The van der Waals surface area contributed by atoms with Crippen LogP contribution in [0.5, 0.6) is 0 Å². The Morgan fingerprint density at radius 1 is 1.17 bits per heavy atom. The van der Waals surface area contributed by atoms with E-state index in [1.165, 1.54) is 42.5 Å². The summed E-state index contributed by atoms with van der Waals surface area (Å²) >= 11 is 0. The van der Waals surface area contributed by atoms with Gasteiger partial charge in [-0.15, -0.1) is 0 Å². The monoisotopic (exact) mass is 502 g/mol. The Morgan fingerprint density at radius 2 is 1.89 bits per heavy atom. The van der Waals surface area contributed by atoms with Gasteiger partial charge in [0.25, 0.3) is 17.4 Å². The van der Waals surface area contributed by atoms with E-state index in [0.717, 1.165) is 4.57 Å². The normalized spacial score (nSPS) is 11.5. The van der Waals surface area contributed by atoms with Gasteiger partial charge >= 0.3 is 0 Å². The van der Waals surface area contributed by atoms with Gasteiger partial charge in [0, 0.05) is 26.7 Å². The van der Waals surface area contributed by atoms with E-state index in [4.69, 9.17) is 0 Å². The van der Waals surface area contributed by atoms with Crippen molar-refractivity contribution in [2.24, 2.45) is 7.05 Å². The van der Waals surface area contributed by atoms with Crippen LogP contribution in [0.2, 0.25) is 0 Å². The number of aromatic nitrogens is 3. The van der Waals surface area contributed by atoms with Crippen LogP contribution in [-0.4, -0.2) is 82.3 Å². The Morgan fingerprint density at radius 3 is 2.50 bits per heavy atom. The molecule has 0 fully saturated rings. The Labute approximate surface area is 207 Å². The molecule has 0 radical (unpaired) electrons.